The highest BCUT2D eigenvalue weighted by molar-refractivity contribution is 6.34. The number of nitrogens with one attached hydrogen (secondary N) is 1. The monoisotopic (exact) mass is 310 g/mol. The molecule has 4 aliphatic rings. The number of anilines is 1. The first-order valence-electron chi connectivity index (χ1n) is 7.69. The van der Waals surface area contributed by atoms with Gasteiger partial charge in [-0.2, -0.15) is 0 Å². The van der Waals surface area contributed by atoms with Crippen molar-refractivity contribution in [3.8, 4) is 0 Å². The summed E-state index contributed by atoms with van der Waals surface area (Å²) < 4.78 is 0. The number of aromatic nitrogens is 1. The highest BCUT2D eigenvalue weighted by Crippen LogP contribution is 2.54. The molecule has 0 amide bonds. The van der Waals surface area contributed by atoms with Crippen molar-refractivity contribution in [2.45, 2.75) is 45.1 Å². The number of halogens is 2. The summed E-state index contributed by atoms with van der Waals surface area (Å²) in [6, 6.07) is 2.48. The summed E-state index contributed by atoms with van der Waals surface area (Å²) in [5.41, 5.74) is 2.09. The molecule has 4 saturated carbocycles. The fourth-order valence-electron chi connectivity index (χ4n) is 5.10. The van der Waals surface area contributed by atoms with Gasteiger partial charge in [0, 0.05) is 6.04 Å². The van der Waals surface area contributed by atoms with Crippen molar-refractivity contribution in [2.24, 2.45) is 23.7 Å². The van der Waals surface area contributed by atoms with Crippen LogP contribution >= 0.6 is 23.2 Å². The molecule has 108 valence electrons. The maximum Gasteiger partial charge on any atom is 0.154 e. The lowest BCUT2D eigenvalue weighted by Crippen LogP contribution is -2.51. The smallest absolute Gasteiger partial charge is 0.154 e. The number of hydrogen-bond donors (Lipinski definition) is 1. The molecule has 4 bridgehead atoms. The minimum absolute atomic E-state index is 0.475. The van der Waals surface area contributed by atoms with Gasteiger partial charge >= 0.3 is 0 Å². The summed E-state index contributed by atoms with van der Waals surface area (Å²) in [5.74, 6) is 3.65. The molecule has 0 unspecified atom stereocenters. The van der Waals surface area contributed by atoms with Crippen molar-refractivity contribution in [2.75, 3.05) is 5.32 Å². The van der Waals surface area contributed by atoms with Gasteiger partial charge in [-0.1, -0.05) is 23.2 Å². The molecule has 5 rings (SSSR count). The molecule has 1 N–H and O–H groups in total. The van der Waals surface area contributed by atoms with Crippen molar-refractivity contribution in [1.29, 1.82) is 0 Å². The van der Waals surface area contributed by atoms with E-state index >= 15 is 0 Å². The topological polar surface area (TPSA) is 24.9 Å². The Kier molecular flexibility index (Phi) is 3.15. The number of aryl methyl sites for hydroxylation is 1. The van der Waals surface area contributed by atoms with E-state index in [2.05, 4.69) is 17.2 Å². The zero-order valence-electron chi connectivity index (χ0n) is 11.7. The highest BCUT2D eigenvalue weighted by atomic mass is 35.5. The van der Waals surface area contributed by atoms with Crippen LogP contribution in [0.15, 0.2) is 6.07 Å². The quantitative estimate of drug-likeness (QED) is 0.783. The molecule has 1 heterocycles. The van der Waals surface area contributed by atoms with Crippen molar-refractivity contribution in [3.63, 3.8) is 0 Å². The van der Waals surface area contributed by atoms with Gasteiger partial charge in [0.1, 0.15) is 5.15 Å². The van der Waals surface area contributed by atoms with Crippen molar-refractivity contribution < 1.29 is 0 Å². The molecule has 20 heavy (non-hydrogen) atoms. The summed E-state index contributed by atoms with van der Waals surface area (Å²) >= 11 is 12.3. The van der Waals surface area contributed by atoms with Crippen LogP contribution in [0.2, 0.25) is 10.3 Å². The van der Waals surface area contributed by atoms with Crippen LogP contribution < -0.4 is 5.32 Å². The van der Waals surface area contributed by atoms with E-state index in [1.54, 1.807) is 0 Å². The van der Waals surface area contributed by atoms with Gasteiger partial charge in [-0.05, 0) is 74.3 Å². The Hall–Kier alpha value is -0.470. The average Bonchev–Trinajstić information content (AvgIpc) is 2.35. The van der Waals surface area contributed by atoms with Gasteiger partial charge in [-0.15, -0.1) is 0 Å². The average molecular weight is 311 g/mol. The van der Waals surface area contributed by atoms with E-state index in [1.165, 1.54) is 32.1 Å². The number of pyridine rings is 1. The van der Waals surface area contributed by atoms with E-state index in [0.29, 0.717) is 16.3 Å². The van der Waals surface area contributed by atoms with Crippen LogP contribution in [0.1, 0.15) is 37.7 Å². The molecule has 4 aliphatic carbocycles. The minimum atomic E-state index is 0.475. The fraction of sp³-hybridized carbons (Fsp3) is 0.688. The van der Waals surface area contributed by atoms with Crippen molar-refractivity contribution in [3.05, 3.63) is 21.9 Å². The predicted octanol–water partition coefficient (Wildman–Crippen LogP) is 4.93. The Bertz CT molecular complexity index is 492. The van der Waals surface area contributed by atoms with E-state index in [9.17, 15) is 0 Å². The second kappa shape index (κ2) is 4.78. The molecule has 4 heteroatoms. The first-order valence-corrected chi connectivity index (χ1v) is 8.45. The van der Waals surface area contributed by atoms with Crippen LogP contribution in [0.3, 0.4) is 0 Å². The molecule has 4 fully saturated rings. The predicted molar refractivity (Wildman–Crippen MR) is 83.4 cm³/mol. The van der Waals surface area contributed by atoms with Crippen LogP contribution in [-0.2, 0) is 0 Å². The third-order valence-corrected chi connectivity index (χ3v) is 6.15. The Morgan fingerprint density at radius 1 is 1.05 bits per heavy atom. The van der Waals surface area contributed by atoms with Crippen LogP contribution in [0.25, 0.3) is 0 Å². The van der Waals surface area contributed by atoms with Crippen LogP contribution in [0.4, 0.5) is 5.69 Å². The van der Waals surface area contributed by atoms with Gasteiger partial charge in [-0.25, -0.2) is 4.98 Å². The largest absolute Gasteiger partial charge is 0.379 e. The molecule has 0 spiro atoms. The lowest BCUT2D eigenvalue weighted by Gasteiger charge is -2.54. The van der Waals surface area contributed by atoms with Crippen LogP contribution in [0, 0.1) is 30.6 Å². The summed E-state index contributed by atoms with van der Waals surface area (Å²) in [6.45, 7) is 2.05. The lowest BCUT2D eigenvalue weighted by atomic mass is 9.54. The van der Waals surface area contributed by atoms with E-state index in [-0.39, 0.29) is 0 Å². The molecule has 0 atom stereocenters. The zero-order chi connectivity index (χ0) is 13.9. The molecule has 2 nitrogen and oxygen atoms in total. The Labute approximate surface area is 130 Å². The maximum atomic E-state index is 6.29. The lowest BCUT2D eigenvalue weighted by molar-refractivity contribution is 0.00752. The minimum Gasteiger partial charge on any atom is -0.379 e. The van der Waals surface area contributed by atoms with Gasteiger partial charge in [0.25, 0.3) is 0 Å². The molecule has 0 radical (unpaired) electrons. The molecule has 0 aliphatic heterocycles. The second-order valence-corrected chi connectivity index (χ2v) is 7.77. The molecular formula is C16H20Cl2N2. The van der Waals surface area contributed by atoms with Crippen LogP contribution in [0.5, 0.6) is 0 Å². The van der Waals surface area contributed by atoms with Crippen molar-refractivity contribution in [1.82, 2.24) is 4.98 Å². The summed E-state index contributed by atoms with van der Waals surface area (Å²) in [6.07, 6.45) is 7.11. The van der Waals surface area contributed by atoms with Gasteiger partial charge in [0.05, 0.1) is 5.69 Å². The van der Waals surface area contributed by atoms with E-state index in [1.807, 2.05) is 6.07 Å². The summed E-state index contributed by atoms with van der Waals surface area (Å²) in [5, 5.41) is 4.73. The molecule has 0 saturated heterocycles. The van der Waals surface area contributed by atoms with E-state index < -0.39 is 0 Å². The molecule has 0 aromatic carbocycles. The Morgan fingerprint density at radius 2 is 1.65 bits per heavy atom. The standard InChI is InChI=1S/C16H20Cl2N2/c1-8-2-13(17)19-16(18)14(8)20-15-11-4-9-3-10(6-11)7-12(15)5-9/h2,9-12,15,20H,3-7H2,1H3. The molecule has 1 aromatic rings. The van der Waals surface area contributed by atoms with Crippen molar-refractivity contribution >= 4 is 28.9 Å². The third kappa shape index (κ3) is 2.12. The molecule has 1 aromatic heterocycles. The summed E-state index contributed by atoms with van der Waals surface area (Å²) in [7, 11) is 0. The maximum absolute atomic E-state index is 6.29. The summed E-state index contributed by atoms with van der Waals surface area (Å²) in [4.78, 5) is 4.19. The first kappa shape index (κ1) is 13.2. The van der Waals surface area contributed by atoms with E-state index in [4.69, 9.17) is 23.2 Å². The number of rotatable bonds is 2. The van der Waals surface area contributed by atoms with Gasteiger partial charge in [0.2, 0.25) is 0 Å². The zero-order valence-corrected chi connectivity index (χ0v) is 13.2. The number of hydrogen-bond acceptors (Lipinski definition) is 2. The molecular weight excluding hydrogens is 291 g/mol. The van der Waals surface area contributed by atoms with E-state index in [0.717, 1.165) is 34.9 Å². The normalized spacial score (nSPS) is 38.2. The first-order chi connectivity index (χ1) is 9.60. The number of nitrogens with zero attached hydrogens (tertiary/aromatic N) is 1. The van der Waals surface area contributed by atoms with Crippen LogP contribution in [-0.4, -0.2) is 11.0 Å². The third-order valence-electron chi connectivity index (χ3n) is 5.68. The second-order valence-electron chi connectivity index (χ2n) is 7.03. The SMILES string of the molecule is Cc1cc(Cl)nc(Cl)c1NC1C2CC3CC(C2)CC1C3. The Balaban J connectivity index is 1.61. The van der Waals surface area contributed by atoms with Gasteiger partial charge in [0.15, 0.2) is 5.15 Å². The Morgan fingerprint density at radius 3 is 2.20 bits per heavy atom. The van der Waals surface area contributed by atoms with Gasteiger partial charge < -0.3 is 5.32 Å². The van der Waals surface area contributed by atoms with Gasteiger partial charge in [-0.3, -0.25) is 0 Å². The highest BCUT2D eigenvalue weighted by Gasteiger charge is 2.48. The fourth-order valence-corrected chi connectivity index (χ4v) is 5.68.